The van der Waals surface area contributed by atoms with Gasteiger partial charge in [-0.1, -0.05) is 38.8 Å². The molecule has 1 aromatic rings. The molecule has 0 aliphatic carbocycles. The van der Waals surface area contributed by atoms with Gasteiger partial charge in [0, 0.05) is 6.04 Å². The Bertz CT molecular complexity index is 385. The number of benzene rings is 1. The lowest BCUT2D eigenvalue weighted by atomic mass is 9.91. The van der Waals surface area contributed by atoms with Crippen molar-refractivity contribution in [2.75, 3.05) is 7.05 Å². The van der Waals surface area contributed by atoms with Crippen LogP contribution in [0.4, 0.5) is 13.2 Å². The summed E-state index contributed by atoms with van der Waals surface area (Å²) in [7, 11) is 1.87. The molecule has 114 valence electrons. The van der Waals surface area contributed by atoms with Gasteiger partial charge in [0.15, 0.2) is 0 Å². The molecule has 1 unspecified atom stereocenters. The van der Waals surface area contributed by atoms with E-state index in [0.29, 0.717) is 5.92 Å². The number of hydrogen-bond acceptors (Lipinski definition) is 2. The quantitative estimate of drug-likeness (QED) is 0.787. The van der Waals surface area contributed by atoms with E-state index in [2.05, 4.69) is 23.9 Å². The first-order valence-electron chi connectivity index (χ1n) is 6.92. The molecule has 0 heterocycles. The Morgan fingerprint density at radius 3 is 2.05 bits per heavy atom. The van der Waals surface area contributed by atoms with Crippen LogP contribution in [-0.2, 0) is 0 Å². The number of halogens is 3. The van der Waals surface area contributed by atoms with E-state index >= 15 is 0 Å². The van der Waals surface area contributed by atoms with Crippen LogP contribution in [0.15, 0.2) is 24.3 Å². The van der Waals surface area contributed by atoms with Gasteiger partial charge in [0.1, 0.15) is 5.75 Å². The number of nitrogens with one attached hydrogen (secondary N) is 1. The van der Waals surface area contributed by atoms with E-state index < -0.39 is 6.36 Å². The van der Waals surface area contributed by atoms with Crippen molar-refractivity contribution in [2.45, 2.75) is 45.5 Å². The van der Waals surface area contributed by atoms with E-state index in [1.54, 1.807) is 12.1 Å². The molecule has 0 saturated carbocycles. The fourth-order valence-electron chi connectivity index (χ4n) is 2.28. The fourth-order valence-corrected chi connectivity index (χ4v) is 2.28. The molecular weight excluding hydrogens is 267 g/mol. The van der Waals surface area contributed by atoms with Crippen molar-refractivity contribution in [2.24, 2.45) is 5.92 Å². The first-order chi connectivity index (χ1) is 9.39. The Kier molecular flexibility index (Phi) is 6.33. The average molecular weight is 289 g/mol. The minimum Gasteiger partial charge on any atom is -0.406 e. The summed E-state index contributed by atoms with van der Waals surface area (Å²) in [6.45, 7) is 4.31. The number of ether oxygens (including phenoxy) is 1. The minimum atomic E-state index is -4.64. The molecule has 1 rings (SSSR count). The van der Waals surface area contributed by atoms with Crippen LogP contribution in [0.2, 0.25) is 0 Å². The summed E-state index contributed by atoms with van der Waals surface area (Å²) >= 11 is 0. The van der Waals surface area contributed by atoms with E-state index in [4.69, 9.17) is 0 Å². The second kappa shape index (κ2) is 7.53. The van der Waals surface area contributed by atoms with E-state index in [1.807, 2.05) is 7.05 Å². The van der Waals surface area contributed by atoms with Crippen LogP contribution < -0.4 is 10.1 Å². The van der Waals surface area contributed by atoms with Crippen molar-refractivity contribution in [1.82, 2.24) is 5.32 Å². The third-order valence-corrected chi connectivity index (χ3v) is 3.59. The van der Waals surface area contributed by atoms with Crippen LogP contribution in [0, 0.1) is 5.92 Å². The number of alkyl halides is 3. The molecule has 1 atom stereocenters. The van der Waals surface area contributed by atoms with Gasteiger partial charge in [-0.15, -0.1) is 13.2 Å². The van der Waals surface area contributed by atoms with Gasteiger partial charge in [-0.25, -0.2) is 0 Å². The van der Waals surface area contributed by atoms with Crippen LogP contribution >= 0.6 is 0 Å². The molecule has 5 heteroatoms. The molecule has 2 nitrogen and oxygen atoms in total. The summed E-state index contributed by atoms with van der Waals surface area (Å²) < 4.78 is 40.2. The van der Waals surface area contributed by atoms with Gasteiger partial charge in [0.25, 0.3) is 0 Å². The Morgan fingerprint density at radius 2 is 1.65 bits per heavy atom. The largest absolute Gasteiger partial charge is 0.573 e. The highest BCUT2D eigenvalue weighted by molar-refractivity contribution is 5.29. The van der Waals surface area contributed by atoms with Gasteiger partial charge in [0.05, 0.1) is 0 Å². The van der Waals surface area contributed by atoms with Crippen molar-refractivity contribution >= 4 is 0 Å². The Hall–Kier alpha value is -1.23. The molecule has 1 aromatic carbocycles. The van der Waals surface area contributed by atoms with Crippen molar-refractivity contribution in [1.29, 1.82) is 0 Å². The molecule has 0 bridgehead atoms. The van der Waals surface area contributed by atoms with Gasteiger partial charge in [-0.3, -0.25) is 0 Å². The second-order valence-electron chi connectivity index (χ2n) is 4.88. The van der Waals surface area contributed by atoms with Crippen LogP contribution in [0.25, 0.3) is 0 Å². The molecule has 0 aliphatic rings. The zero-order chi connectivity index (χ0) is 15.2. The molecule has 0 saturated heterocycles. The summed E-state index contributed by atoms with van der Waals surface area (Å²) in [6.07, 6.45) is -1.46. The zero-order valence-electron chi connectivity index (χ0n) is 12.1. The monoisotopic (exact) mass is 289 g/mol. The molecular formula is C15H22F3NO. The lowest BCUT2D eigenvalue weighted by molar-refractivity contribution is -0.274. The molecule has 0 aromatic heterocycles. The lowest BCUT2D eigenvalue weighted by Gasteiger charge is -2.22. The highest BCUT2D eigenvalue weighted by Gasteiger charge is 2.31. The van der Waals surface area contributed by atoms with Gasteiger partial charge >= 0.3 is 6.36 Å². The van der Waals surface area contributed by atoms with Crippen LogP contribution in [-0.4, -0.2) is 13.4 Å². The Balaban J connectivity index is 2.74. The predicted octanol–water partition coefficient (Wildman–Crippen LogP) is 4.67. The minimum absolute atomic E-state index is 0.153. The van der Waals surface area contributed by atoms with Gasteiger partial charge in [0.2, 0.25) is 0 Å². The predicted molar refractivity (Wildman–Crippen MR) is 73.6 cm³/mol. The van der Waals surface area contributed by atoms with E-state index in [-0.39, 0.29) is 11.8 Å². The molecule has 0 radical (unpaired) electrons. The maximum atomic E-state index is 12.1. The SMILES string of the molecule is CCC(CC)CC(NC)c1ccc(OC(F)(F)F)cc1. The summed E-state index contributed by atoms with van der Waals surface area (Å²) in [5.41, 5.74) is 0.980. The van der Waals surface area contributed by atoms with Crippen LogP contribution in [0.1, 0.15) is 44.7 Å². The van der Waals surface area contributed by atoms with Crippen LogP contribution in [0.5, 0.6) is 5.75 Å². The first-order valence-corrected chi connectivity index (χ1v) is 6.92. The maximum absolute atomic E-state index is 12.1. The van der Waals surface area contributed by atoms with E-state index in [1.165, 1.54) is 12.1 Å². The van der Waals surface area contributed by atoms with Crippen molar-refractivity contribution in [3.8, 4) is 5.75 Å². The highest BCUT2D eigenvalue weighted by atomic mass is 19.4. The molecule has 0 fully saturated rings. The van der Waals surface area contributed by atoms with Gasteiger partial charge in [-0.2, -0.15) is 0 Å². The summed E-state index contributed by atoms with van der Waals surface area (Å²) in [6, 6.07) is 6.25. The first kappa shape index (κ1) is 16.8. The topological polar surface area (TPSA) is 21.3 Å². The van der Waals surface area contributed by atoms with E-state index in [9.17, 15) is 13.2 Å². The molecule has 0 amide bonds. The summed E-state index contributed by atoms with van der Waals surface area (Å²) in [4.78, 5) is 0. The number of hydrogen-bond donors (Lipinski definition) is 1. The molecule has 0 aliphatic heterocycles. The van der Waals surface area contributed by atoms with Crippen molar-refractivity contribution in [3.05, 3.63) is 29.8 Å². The number of rotatable bonds is 7. The molecule has 20 heavy (non-hydrogen) atoms. The summed E-state index contributed by atoms with van der Waals surface area (Å²) in [5.74, 6) is 0.428. The van der Waals surface area contributed by atoms with Crippen LogP contribution in [0.3, 0.4) is 0 Å². The second-order valence-corrected chi connectivity index (χ2v) is 4.88. The highest BCUT2D eigenvalue weighted by Crippen LogP contribution is 2.28. The molecule has 0 spiro atoms. The summed E-state index contributed by atoms with van der Waals surface area (Å²) in [5, 5.41) is 3.22. The maximum Gasteiger partial charge on any atom is 0.573 e. The fraction of sp³-hybridized carbons (Fsp3) is 0.600. The third kappa shape index (κ3) is 5.41. The standard InChI is InChI=1S/C15H22F3NO/c1-4-11(5-2)10-14(19-3)12-6-8-13(9-7-12)20-15(16,17)18/h6-9,11,14,19H,4-5,10H2,1-3H3. The smallest absolute Gasteiger partial charge is 0.406 e. The van der Waals surface area contributed by atoms with Gasteiger partial charge < -0.3 is 10.1 Å². The normalized spacial score (nSPS) is 13.6. The average Bonchev–Trinajstić information content (AvgIpc) is 2.40. The lowest BCUT2D eigenvalue weighted by Crippen LogP contribution is -2.20. The van der Waals surface area contributed by atoms with E-state index in [0.717, 1.165) is 24.8 Å². The Labute approximate surface area is 118 Å². The van der Waals surface area contributed by atoms with Crippen molar-refractivity contribution in [3.63, 3.8) is 0 Å². The third-order valence-electron chi connectivity index (χ3n) is 3.59. The molecule has 1 N–H and O–H groups in total. The van der Waals surface area contributed by atoms with Gasteiger partial charge in [-0.05, 0) is 37.1 Å². The van der Waals surface area contributed by atoms with Crippen molar-refractivity contribution < 1.29 is 17.9 Å². The zero-order valence-corrected chi connectivity index (χ0v) is 12.1. The Morgan fingerprint density at radius 1 is 1.10 bits per heavy atom.